The molecular weight excluding hydrogens is 1300 g/mol. The number of rotatable bonds is 23. The molecule has 15 rings (SSSR count). The van der Waals surface area contributed by atoms with Crippen molar-refractivity contribution in [3.8, 4) is 46.0 Å². The van der Waals surface area contributed by atoms with Crippen LogP contribution in [0.25, 0.3) is 6.08 Å². The van der Waals surface area contributed by atoms with E-state index in [-0.39, 0.29) is 17.8 Å². The highest BCUT2D eigenvalue weighted by Gasteiger charge is 2.38. The number of hydrogen-bond donors (Lipinski definition) is 1. The highest BCUT2D eigenvalue weighted by atomic mass is 16.5. The maximum Gasteiger partial charge on any atom is 0.166 e. The van der Waals surface area contributed by atoms with E-state index in [1.807, 2.05) is 19.2 Å². The van der Waals surface area contributed by atoms with Crippen LogP contribution in [0.4, 0.5) is 0 Å². The Morgan fingerprint density at radius 1 is 0.385 bits per heavy atom. The van der Waals surface area contributed by atoms with Crippen LogP contribution in [-0.2, 0) is 56.5 Å². The van der Waals surface area contributed by atoms with Gasteiger partial charge in [0.2, 0.25) is 0 Å². The SMILES string of the molecule is COc1cc2c(cc1OC)C(=O)C(CC1CCNCC1)C2.COc1cc2c(cc1OC)C(OC)C(CC1CCN(Cc3ccccc3)CC1)C2.COc1cc2c(cc1OC)CC(CC1CCN(Cc3ccccc3)CC1)=C2.COc1cc2c(cc1OC)CC(CC1CCN(Cc3ccccc3)CC1)C2. The normalized spacial score (nSPS) is 20.1. The molecule has 7 aromatic rings. The summed E-state index contributed by atoms with van der Waals surface area (Å²) in [7, 11) is 15.3. The molecule has 0 radical (unpaired) electrons. The van der Waals surface area contributed by atoms with E-state index in [0.29, 0.717) is 23.3 Å². The summed E-state index contributed by atoms with van der Waals surface area (Å²) in [5.41, 5.74) is 16.0. The fourth-order valence-corrected chi connectivity index (χ4v) is 18.1. The summed E-state index contributed by atoms with van der Waals surface area (Å²) >= 11 is 0. The van der Waals surface area contributed by atoms with E-state index in [1.54, 1.807) is 62.5 Å². The Morgan fingerprint density at radius 2 is 0.788 bits per heavy atom. The smallest absolute Gasteiger partial charge is 0.166 e. The maximum atomic E-state index is 12.6. The zero-order valence-electron chi connectivity index (χ0n) is 63.7. The van der Waals surface area contributed by atoms with Gasteiger partial charge in [-0.05, 0) is 301 Å². The highest BCUT2D eigenvalue weighted by Crippen LogP contribution is 2.48. The van der Waals surface area contributed by atoms with Gasteiger partial charge in [-0.2, -0.15) is 0 Å². The van der Waals surface area contributed by atoms with E-state index in [9.17, 15) is 4.79 Å². The molecule has 8 aliphatic rings. The highest BCUT2D eigenvalue weighted by molar-refractivity contribution is 6.03. The third kappa shape index (κ3) is 19.6. The van der Waals surface area contributed by atoms with Crippen LogP contribution in [0.15, 0.2) is 145 Å². The number of Topliss-reactive ketones (excluding diaryl/α,β-unsaturated/α-hetero) is 1. The van der Waals surface area contributed by atoms with Gasteiger partial charge in [0.15, 0.2) is 51.8 Å². The lowest BCUT2D eigenvalue weighted by Crippen LogP contribution is -2.34. The van der Waals surface area contributed by atoms with E-state index in [1.165, 1.54) is 173 Å². The minimum Gasteiger partial charge on any atom is -0.493 e. The second kappa shape index (κ2) is 37.4. The van der Waals surface area contributed by atoms with Crippen molar-refractivity contribution in [2.24, 2.45) is 41.4 Å². The summed E-state index contributed by atoms with van der Waals surface area (Å²) in [6.45, 7) is 12.7. The van der Waals surface area contributed by atoms with Crippen LogP contribution in [0, 0.1) is 41.4 Å². The molecule has 4 fully saturated rings. The van der Waals surface area contributed by atoms with Gasteiger partial charge in [0.25, 0.3) is 0 Å². The van der Waals surface area contributed by atoms with Gasteiger partial charge >= 0.3 is 0 Å². The average molecular weight is 1410 g/mol. The number of benzene rings is 7. The van der Waals surface area contributed by atoms with E-state index < -0.39 is 0 Å². The Morgan fingerprint density at radius 3 is 1.26 bits per heavy atom. The van der Waals surface area contributed by atoms with Crippen LogP contribution < -0.4 is 43.2 Å². The van der Waals surface area contributed by atoms with Gasteiger partial charge in [0.1, 0.15) is 0 Å². The molecule has 4 saturated heterocycles. The summed E-state index contributed by atoms with van der Waals surface area (Å²) in [6, 6.07) is 49.2. The molecule has 14 nitrogen and oxygen atoms in total. The Bertz CT molecular complexity index is 3840. The van der Waals surface area contributed by atoms with Crippen molar-refractivity contribution in [3.05, 3.63) is 206 Å². The maximum absolute atomic E-state index is 12.6. The number of methoxy groups -OCH3 is 9. The number of ketones is 1. The first-order valence-corrected chi connectivity index (χ1v) is 38.7. The van der Waals surface area contributed by atoms with Gasteiger partial charge in [-0.3, -0.25) is 19.5 Å². The molecule has 7 aromatic carbocycles. The molecule has 3 unspecified atom stereocenters. The molecule has 3 atom stereocenters. The molecule has 556 valence electrons. The second-order valence-electron chi connectivity index (χ2n) is 30.5. The standard InChI is InChI=1S/C25H33NO3.C24H31NO2.C24H29NO2.C17H23NO3/c1-27-23-15-20-14-21(25(29-3)22(20)16-24(23)28-2)13-18-9-11-26(12-10-18)17-19-7-5-4-6-8-19;2*1-26-23-15-21-13-20(14-22(21)16-24(23)27-2)12-18-8-10-25(11-9-18)17-19-6-4-3-5-7-19;1-20-15-9-12-8-13(7-11-3-5-18-6-4-11)17(19)14(12)10-16(15)21-2/h4-8,15-16,18,21,25H,9-14,17H2,1-3H3;3-7,15-16,18,20H,8-14,17H2,1-2H3;3-7,13,15-16,18H,8-12,14,17H2,1-2H3;9-11,13,18H,3-8H2,1-2H3. The quantitative estimate of drug-likeness (QED) is 0.0654. The molecule has 4 aliphatic carbocycles. The molecule has 0 bridgehead atoms. The van der Waals surface area contributed by atoms with Gasteiger partial charge in [0.05, 0.1) is 63.0 Å². The lowest BCUT2D eigenvalue weighted by Gasteiger charge is -2.34. The Hall–Kier alpha value is -7.85. The second-order valence-corrected chi connectivity index (χ2v) is 30.5. The molecule has 104 heavy (non-hydrogen) atoms. The van der Waals surface area contributed by atoms with Crippen LogP contribution in [-0.4, -0.2) is 137 Å². The molecule has 0 aromatic heterocycles. The van der Waals surface area contributed by atoms with Crippen LogP contribution in [0.3, 0.4) is 0 Å². The van der Waals surface area contributed by atoms with Gasteiger partial charge in [-0.15, -0.1) is 0 Å². The van der Waals surface area contributed by atoms with E-state index in [4.69, 9.17) is 42.6 Å². The molecule has 4 heterocycles. The van der Waals surface area contributed by atoms with Gasteiger partial charge in [-0.25, -0.2) is 0 Å². The Labute approximate surface area is 621 Å². The van der Waals surface area contributed by atoms with Crippen molar-refractivity contribution in [2.75, 3.05) is 116 Å². The van der Waals surface area contributed by atoms with Gasteiger partial charge in [-0.1, -0.05) is 103 Å². The first-order valence-electron chi connectivity index (χ1n) is 38.7. The van der Waals surface area contributed by atoms with Gasteiger partial charge in [0, 0.05) is 38.2 Å². The molecule has 0 amide bonds. The minimum atomic E-state index is 0.139. The topological polar surface area (TPSA) is 122 Å². The first-order chi connectivity index (χ1) is 50.9. The van der Waals surface area contributed by atoms with Crippen molar-refractivity contribution in [3.63, 3.8) is 0 Å². The summed E-state index contributed by atoms with van der Waals surface area (Å²) in [6.07, 6.45) is 22.9. The minimum absolute atomic E-state index is 0.139. The van der Waals surface area contributed by atoms with Crippen molar-refractivity contribution < 1.29 is 47.4 Å². The number of carbonyl (C=O) groups excluding carboxylic acids is 1. The van der Waals surface area contributed by atoms with Crippen molar-refractivity contribution in [1.29, 1.82) is 0 Å². The van der Waals surface area contributed by atoms with Crippen LogP contribution >= 0.6 is 0 Å². The van der Waals surface area contributed by atoms with Crippen molar-refractivity contribution >= 4 is 11.9 Å². The summed E-state index contributed by atoms with van der Waals surface area (Å²) in [4.78, 5) is 20.4. The van der Waals surface area contributed by atoms with E-state index in [2.05, 4.69) is 153 Å². The third-order valence-corrected chi connectivity index (χ3v) is 23.8. The number of hydrogen-bond acceptors (Lipinski definition) is 14. The summed E-state index contributed by atoms with van der Waals surface area (Å²) in [5.74, 6) is 11.2. The third-order valence-electron chi connectivity index (χ3n) is 23.8. The molecule has 0 spiro atoms. The molecular formula is C90H116N4O10. The Kier molecular flexibility index (Phi) is 27.3. The largest absolute Gasteiger partial charge is 0.493 e. The number of piperidine rings is 4. The van der Waals surface area contributed by atoms with Crippen molar-refractivity contribution in [2.45, 2.75) is 135 Å². The lowest BCUT2D eigenvalue weighted by molar-refractivity contribution is 0.0451. The average Bonchev–Trinajstić information content (AvgIpc) is 1.64. The Balaban J connectivity index is 0.000000131. The molecule has 1 N–H and O–H groups in total. The first kappa shape index (κ1) is 75.8. The molecule has 4 aliphatic heterocycles. The molecule has 0 saturated carbocycles. The number of nitrogens with one attached hydrogen (secondary N) is 1. The predicted octanol–water partition coefficient (Wildman–Crippen LogP) is 17.0. The van der Waals surface area contributed by atoms with Crippen LogP contribution in [0.2, 0.25) is 0 Å². The zero-order valence-corrected chi connectivity index (χ0v) is 63.7. The van der Waals surface area contributed by atoms with E-state index in [0.717, 1.165) is 128 Å². The van der Waals surface area contributed by atoms with Crippen LogP contribution in [0.1, 0.15) is 149 Å². The lowest BCUT2D eigenvalue weighted by atomic mass is 9.85. The monoisotopic (exact) mass is 1410 g/mol. The predicted molar refractivity (Wildman–Crippen MR) is 417 cm³/mol. The molecule has 14 heteroatoms. The number of nitrogens with zero attached hydrogens (tertiary/aromatic N) is 3. The fourth-order valence-electron chi connectivity index (χ4n) is 18.1. The number of fused-ring (bicyclic) bond motifs is 4. The fraction of sp³-hybridized carbons (Fsp3) is 0.500. The van der Waals surface area contributed by atoms with Gasteiger partial charge < -0.3 is 47.9 Å². The van der Waals surface area contributed by atoms with Crippen molar-refractivity contribution in [1.82, 2.24) is 20.0 Å². The van der Waals surface area contributed by atoms with E-state index >= 15 is 0 Å². The number of likely N-dealkylation sites (tertiary alicyclic amines) is 3. The number of carbonyl (C=O) groups is 1. The van der Waals surface area contributed by atoms with Crippen LogP contribution in [0.5, 0.6) is 46.0 Å². The summed E-state index contributed by atoms with van der Waals surface area (Å²) < 4.78 is 49.5. The number of allylic oxidation sites excluding steroid dienone is 1. The summed E-state index contributed by atoms with van der Waals surface area (Å²) in [5, 5.41) is 3.38. The zero-order chi connectivity index (χ0) is 72.3. The number of ether oxygens (including phenoxy) is 9.